The third kappa shape index (κ3) is 3.04. The number of aromatic nitrogens is 3. The van der Waals surface area contributed by atoms with Crippen molar-refractivity contribution in [3.05, 3.63) is 56.8 Å². The quantitative estimate of drug-likeness (QED) is 0.791. The number of nitrogens with one attached hydrogen (secondary N) is 1. The Hall–Kier alpha value is -2.54. The third-order valence-electron chi connectivity index (χ3n) is 3.18. The Morgan fingerprint density at radius 2 is 2.14 bits per heavy atom. The average molecular weight is 314 g/mol. The molecule has 2 heterocycles. The van der Waals surface area contributed by atoms with Crippen molar-refractivity contribution < 1.29 is 4.79 Å². The Morgan fingerprint density at radius 1 is 1.32 bits per heavy atom. The lowest BCUT2D eigenvalue weighted by Gasteiger charge is -2.09. The molecule has 2 aromatic heterocycles. The number of amides is 1. The third-order valence-corrected chi connectivity index (χ3v) is 4.10. The Morgan fingerprint density at radius 3 is 2.91 bits per heavy atom. The summed E-state index contributed by atoms with van der Waals surface area (Å²) >= 11 is 1.55. The van der Waals surface area contributed by atoms with Crippen molar-refractivity contribution in [2.24, 2.45) is 0 Å². The number of fused-ring (bicyclic) bond motifs is 1. The van der Waals surface area contributed by atoms with E-state index < -0.39 is 0 Å². The van der Waals surface area contributed by atoms with Crippen LogP contribution in [0.25, 0.3) is 10.9 Å². The van der Waals surface area contributed by atoms with Gasteiger partial charge in [-0.2, -0.15) is 5.10 Å². The molecule has 22 heavy (non-hydrogen) atoms. The van der Waals surface area contributed by atoms with Gasteiger partial charge in [0.15, 0.2) is 0 Å². The van der Waals surface area contributed by atoms with E-state index in [1.54, 1.807) is 35.7 Å². The summed E-state index contributed by atoms with van der Waals surface area (Å²) in [6, 6.07) is 7.12. The van der Waals surface area contributed by atoms with Crippen molar-refractivity contribution >= 4 is 28.1 Å². The van der Waals surface area contributed by atoms with Crippen molar-refractivity contribution in [1.29, 1.82) is 0 Å². The molecule has 0 saturated carbocycles. The van der Waals surface area contributed by atoms with Crippen molar-refractivity contribution in [2.45, 2.75) is 20.0 Å². The molecule has 0 aliphatic carbocycles. The zero-order chi connectivity index (χ0) is 15.5. The van der Waals surface area contributed by atoms with Gasteiger partial charge in [-0.1, -0.05) is 12.1 Å². The van der Waals surface area contributed by atoms with Crippen LogP contribution < -0.4 is 10.7 Å². The Bertz CT molecular complexity index is 884. The van der Waals surface area contributed by atoms with Crippen LogP contribution in [-0.4, -0.2) is 20.7 Å². The normalized spacial score (nSPS) is 10.8. The van der Waals surface area contributed by atoms with Gasteiger partial charge in [-0.05, 0) is 19.1 Å². The highest BCUT2D eigenvalue weighted by Gasteiger charge is 2.08. The van der Waals surface area contributed by atoms with E-state index in [2.05, 4.69) is 15.4 Å². The van der Waals surface area contributed by atoms with Crippen LogP contribution in [-0.2, 0) is 17.9 Å². The minimum atomic E-state index is -0.160. The molecule has 6 nitrogen and oxygen atoms in total. The molecule has 3 aromatic rings. The molecule has 112 valence electrons. The molecule has 7 heteroatoms. The molecule has 1 amide bonds. The predicted molar refractivity (Wildman–Crippen MR) is 84.7 cm³/mol. The maximum Gasteiger partial charge on any atom is 0.242 e. The fourth-order valence-electron chi connectivity index (χ4n) is 2.15. The maximum atomic E-state index is 12.1. The SMILES string of the molecule is Cc1ncc(CNC(=O)Cn2ncc(=O)c3ccccc32)s1. The lowest BCUT2D eigenvalue weighted by atomic mass is 10.2. The van der Waals surface area contributed by atoms with E-state index in [0.29, 0.717) is 17.4 Å². The largest absolute Gasteiger partial charge is 0.350 e. The van der Waals surface area contributed by atoms with Gasteiger partial charge in [0.05, 0.1) is 23.3 Å². The molecule has 0 atom stereocenters. The summed E-state index contributed by atoms with van der Waals surface area (Å²) in [5.74, 6) is -0.160. The Balaban J connectivity index is 1.74. The number of carbonyl (C=O) groups excluding carboxylic acids is 1. The van der Waals surface area contributed by atoms with E-state index in [-0.39, 0.29) is 17.9 Å². The summed E-state index contributed by atoms with van der Waals surface area (Å²) in [5, 5.41) is 8.40. The molecule has 3 rings (SSSR count). The highest BCUT2D eigenvalue weighted by molar-refractivity contribution is 7.11. The molecular weight excluding hydrogens is 300 g/mol. The molecule has 0 aliphatic heterocycles. The summed E-state index contributed by atoms with van der Waals surface area (Å²) in [6.07, 6.45) is 3.00. The van der Waals surface area contributed by atoms with Gasteiger partial charge < -0.3 is 5.32 Å². The number of carbonyl (C=O) groups is 1. The molecule has 0 radical (unpaired) electrons. The first kappa shape index (κ1) is 14.4. The monoisotopic (exact) mass is 314 g/mol. The maximum absolute atomic E-state index is 12.1. The van der Waals surface area contributed by atoms with Crippen LogP contribution >= 0.6 is 11.3 Å². The van der Waals surface area contributed by atoms with Gasteiger partial charge in [-0.3, -0.25) is 14.3 Å². The number of aryl methyl sites for hydroxylation is 1. The first-order chi connectivity index (χ1) is 10.6. The molecule has 0 fully saturated rings. The lowest BCUT2D eigenvalue weighted by Crippen LogP contribution is -2.28. The average Bonchev–Trinajstić information content (AvgIpc) is 2.94. The van der Waals surface area contributed by atoms with Gasteiger partial charge in [0, 0.05) is 16.5 Å². The van der Waals surface area contributed by atoms with Crippen molar-refractivity contribution in [3.8, 4) is 0 Å². The summed E-state index contributed by atoms with van der Waals surface area (Å²) in [6.45, 7) is 2.44. The summed E-state index contributed by atoms with van der Waals surface area (Å²) in [4.78, 5) is 29.0. The summed E-state index contributed by atoms with van der Waals surface area (Å²) in [5.41, 5.74) is 0.506. The first-order valence-electron chi connectivity index (χ1n) is 6.76. The van der Waals surface area contributed by atoms with Crippen LogP contribution in [0.2, 0.25) is 0 Å². The van der Waals surface area contributed by atoms with E-state index in [1.807, 2.05) is 13.0 Å². The molecule has 0 saturated heterocycles. The highest BCUT2D eigenvalue weighted by atomic mass is 32.1. The number of hydrogen-bond acceptors (Lipinski definition) is 5. The number of thiazole rings is 1. The van der Waals surface area contributed by atoms with E-state index >= 15 is 0 Å². The van der Waals surface area contributed by atoms with Crippen LogP contribution in [0.5, 0.6) is 0 Å². The van der Waals surface area contributed by atoms with Gasteiger partial charge in [0.1, 0.15) is 6.54 Å². The smallest absolute Gasteiger partial charge is 0.242 e. The minimum Gasteiger partial charge on any atom is -0.350 e. The summed E-state index contributed by atoms with van der Waals surface area (Å²) < 4.78 is 1.53. The number of rotatable bonds is 4. The minimum absolute atomic E-state index is 0.0680. The fraction of sp³-hybridized carbons (Fsp3) is 0.200. The second kappa shape index (κ2) is 6.07. The van der Waals surface area contributed by atoms with Gasteiger partial charge >= 0.3 is 0 Å². The molecule has 0 bridgehead atoms. The molecule has 0 spiro atoms. The molecule has 1 N–H and O–H groups in total. The van der Waals surface area contributed by atoms with E-state index in [0.717, 1.165) is 9.88 Å². The van der Waals surface area contributed by atoms with Crippen molar-refractivity contribution in [1.82, 2.24) is 20.1 Å². The van der Waals surface area contributed by atoms with Crippen LogP contribution in [0, 0.1) is 6.92 Å². The number of benzene rings is 1. The van der Waals surface area contributed by atoms with Gasteiger partial charge in [-0.15, -0.1) is 11.3 Å². The van der Waals surface area contributed by atoms with Gasteiger partial charge in [-0.25, -0.2) is 4.98 Å². The lowest BCUT2D eigenvalue weighted by molar-refractivity contribution is -0.121. The zero-order valence-corrected chi connectivity index (χ0v) is 12.8. The van der Waals surface area contributed by atoms with Crippen molar-refractivity contribution in [2.75, 3.05) is 0 Å². The van der Waals surface area contributed by atoms with Gasteiger partial charge in [0.2, 0.25) is 11.3 Å². The molecule has 0 aliphatic rings. The van der Waals surface area contributed by atoms with Crippen LogP contribution in [0.15, 0.2) is 41.5 Å². The van der Waals surface area contributed by atoms with Crippen molar-refractivity contribution in [3.63, 3.8) is 0 Å². The van der Waals surface area contributed by atoms with Crippen LogP contribution in [0.1, 0.15) is 9.88 Å². The Labute approximate surface area is 130 Å². The topological polar surface area (TPSA) is 76.9 Å². The van der Waals surface area contributed by atoms with E-state index in [1.165, 1.54) is 10.9 Å². The number of para-hydroxylation sites is 1. The first-order valence-corrected chi connectivity index (χ1v) is 7.58. The van der Waals surface area contributed by atoms with Crippen LogP contribution in [0.3, 0.4) is 0 Å². The van der Waals surface area contributed by atoms with Crippen LogP contribution in [0.4, 0.5) is 0 Å². The molecule has 1 aromatic carbocycles. The molecule has 0 unspecified atom stereocenters. The summed E-state index contributed by atoms with van der Waals surface area (Å²) in [7, 11) is 0. The second-order valence-electron chi connectivity index (χ2n) is 4.81. The zero-order valence-electron chi connectivity index (χ0n) is 11.9. The standard InChI is InChI=1S/C15H14N4O2S/c1-10-16-6-11(22-10)7-17-15(21)9-19-13-5-3-2-4-12(13)14(20)8-18-19/h2-6,8H,7,9H2,1H3,(H,17,21). The number of hydrogen-bond donors (Lipinski definition) is 1. The predicted octanol–water partition coefficient (Wildman–Crippen LogP) is 1.48. The molecular formula is C15H14N4O2S. The van der Waals surface area contributed by atoms with E-state index in [4.69, 9.17) is 0 Å². The van der Waals surface area contributed by atoms with Gasteiger partial charge in [0.25, 0.3) is 0 Å². The van der Waals surface area contributed by atoms with E-state index in [9.17, 15) is 9.59 Å². The highest BCUT2D eigenvalue weighted by Crippen LogP contribution is 2.11. The fourth-order valence-corrected chi connectivity index (χ4v) is 2.89. The Kier molecular flexibility index (Phi) is 3.97. The number of nitrogens with zero attached hydrogens (tertiary/aromatic N) is 3. The second-order valence-corrected chi connectivity index (χ2v) is 6.13.